The molecule has 5 nitrogen and oxygen atoms in total. The minimum atomic E-state index is -4.16. The minimum Gasteiger partial charge on any atom is -0.325 e. The van der Waals surface area contributed by atoms with Crippen LogP contribution in [0.25, 0.3) is 0 Å². The number of nitrogens with one attached hydrogen (secondary N) is 1. The monoisotopic (exact) mass is 247 g/mol. The first kappa shape index (κ1) is 12.0. The highest BCUT2D eigenvalue weighted by atomic mass is 33.1. The first-order valence-corrected chi connectivity index (χ1v) is 6.88. The zero-order valence-electron chi connectivity index (χ0n) is 7.58. The molecule has 15 heavy (non-hydrogen) atoms. The van der Waals surface area contributed by atoms with Crippen LogP contribution in [0.1, 0.15) is 0 Å². The van der Waals surface area contributed by atoms with E-state index in [1.165, 1.54) is 0 Å². The predicted octanol–water partition coefficient (Wildman–Crippen LogP) is 1.16. The summed E-state index contributed by atoms with van der Waals surface area (Å²) in [5.74, 6) is -0.822. The fourth-order valence-electron chi connectivity index (χ4n) is 0.847. The van der Waals surface area contributed by atoms with Crippen LogP contribution in [0.15, 0.2) is 30.3 Å². The predicted molar refractivity (Wildman–Crippen MR) is 59.1 cm³/mol. The summed E-state index contributed by atoms with van der Waals surface area (Å²) in [4.78, 5) is 11.2. The molecule has 0 radical (unpaired) electrons. The zero-order chi connectivity index (χ0) is 11.3. The molecule has 0 aromatic heterocycles. The molecule has 0 unspecified atom stereocenters. The van der Waals surface area contributed by atoms with Gasteiger partial charge in [0.05, 0.1) is 5.75 Å². The lowest BCUT2D eigenvalue weighted by Gasteiger charge is -2.02. The van der Waals surface area contributed by atoms with Gasteiger partial charge in [-0.05, 0) is 12.1 Å². The van der Waals surface area contributed by atoms with Crippen LogP contribution in [-0.2, 0) is 13.9 Å². The quantitative estimate of drug-likeness (QED) is 0.616. The van der Waals surface area contributed by atoms with Crippen molar-refractivity contribution in [1.82, 2.24) is 0 Å². The summed E-state index contributed by atoms with van der Waals surface area (Å²) in [7, 11) is -3.98. The maximum atomic E-state index is 11.2. The largest absolute Gasteiger partial charge is 0.325 e. The Morgan fingerprint density at radius 1 is 1.33 bits per heavy atom. The average Bonchev–Trinajstić information content (AvgIpc) is 2.15. The van der Waals surface area contributed by atoms with Crippen molar-refractivity contribution in [3.8, 4) is 0 Å². The molecule has 0 saturated heterocycles. The lowest BCUT2D eigenvalue weighted by molar-refractivity contribution is -0.113. The Labute approximate surface area is 91.0 Å². The summed E-state index contributed by atoms with van der Waals surface area (Å²) in [5.41, 5.74) is 0.582. The molecule has 0 aliphatic heterocycles. The van der Waals surface area contributed by atoms with Gasteiger partial charge in [0, 0.05) is 16.5 Å². The summed E-state index contributed by atoms with van der Waals surface area (Å²) in [6, 6.07) is 8.63. The van der Waals surface area contributed by atoms with Gasteiger partial charge in [0.1, 0.15) is 0 Å². The molecule has 1 aromatic carbocycles. The zero-order valence-corrected chi connectivity index (χ0v) is 9.22. The smallest absolute Gasteiger partial charge is 0.320 e. The van der Waals surface area contributed by atoms with Gasteiger partial charge in [-0.3, -0.25) is 9.35 Å². The van der Waals surface area contributed by atoms with E-state index >= 15 is 0 Å². The van der Waals surface area contributed by atoms with Crippen molar-refractivity contribution in [2.75, 3.05) is 11.1 Å². The Morgan fingerprint density at radius 2 is 1.93 bits per heavy atom. The number of hydrogen-bond acceptors (Lipinski definition) is 4. The summed E-state index contributed by atoms with van der Waals surface area (Å²) in [5, 5.41) is 2.48. The molecule has 0 atom stereocenters. The molecule has 1 rings (SSSR count). The summed E-state index contributed by atoms with van der Waals surface area (Å²) >= 11 is 0. The van der Waals surface area contributed by atoms with Crippen LogP contribution in [-0.4, -0.2) is 24.6 Å². The molecular formula is C8H9NO4S2. The maximum absolute atomic E-state index is 11.2. The van der Waals surface area contributed by atoms with Gasteiger partial charge in [-0.15, -0.1) is 0 Å². The van der Waals surface area contributed by atoms with Crippen LogP contribution in [0.4, 0.5) is 5.69 Å². The van der Waals surface area contributed by atoms with Gasteiger partial charge in [-0.2, -0.15) is 8.42 Å². The lowest BCUT2D eigenvalue weighted by Crippen LogP contribution is -2.15. The molecule has 1 amide bonds. The summed E-state index contributed by atoms with van der Waals surface area (Å²) in [6.07, 6.45) is 0. The van der Waals surface area contributed by atoms with Gasteiger partial charge < -0.3 is 5.32 Å². The molecule has 0 fully saturated rings. The molecule has 0 heterocycles. The van der Waals surface area contributed by atoms with Gasteiger partial charge >= 0.3 is 9.15 Å². The molecule has 1 aromatic rings. The number of carbonyl (C=O) groups is 1. The van der Waals surface area contributed by atoms with E-state index in [-0.39, 0.29) is 16.5 Å². The van der Waals surface area contributed by atoms with Crippen LogP contribution in [0.3, 0.4) is 0 Å². The molecule has 0 bridgehead atoms. The van der Waals surface area contributed by atoms with Crippen molar-refractivity contribution in [3.63, 3.8) is 0 Å². The van der Waals surface area contributed by atoms with Crippen molar-refractivity contribution in [2.24, 2.45) is 0 Å². The SMILES string of the molecule is O=C(CSS(=O)(=O)O)Nc1ccccc1. The van der Waals surface area contributed by atoms with E-state index in [9.17, 15) is 13.2 Å². The van der Waals surface area contributed by atoms with Crippen molar-refractivity contribution >= 4 is 31.5 Å². The van der Waals surface area contributed by atoms with Gasteiger partial charge in [-0.25, -0.2) is 0 Å². The van der Waals surface area contributed by atoms with Crippen LogP contribution in [0, 0.1) is 0 Å². The maximum Gasteiger partial charge on any atom is 0.320 e. The normalized spacial score (nSPS) is 11.0. The van der Waals surface area contributed by atoms with Crippen molar-refractivity contribution in [2.45, 2.75) is 0 Å². The number of amides is 1. The number of hydrogen-bond donors (Lipinski definition) is 2. The highest BCUT2D eigenvalue weighted by Crippen LogP contribution is 2.10. The lowest BCUT2D eigenvalue weighted by atomic mass is 10.3. The Bertz CT molecular complexity index is 429. The third kappa shape index (κ3) is 5.40. The standard InChI is InChI=1S/C8H9NO4S2/c10-8(6-14-15(11,12)13)9-7-4-2-1-3-5-7/h1-5H,6H2,(H,9,10)(H,11,12,13). The van der Waals surface area contributed by atoms with Gasteiger partial charge in [-0.1, -0.05) is 18.2 Å². The van der Waals surface area contributed by atoms with E-state index in [2.05, 4.69) is 5.32 Å². The fourth-order valence-corrected chi connectivity index (χ4v) is 1.94. The molecular weight excluding hydrogens is 238 g/mol. The van der Waals surface area contributed by atoms with E-state index in [1.807, 2.05) is 0 Å². The highest BCUT2D eigenvalue weighted by Gasteiger charge is 2.10. The number of benzene rings is 1. The Kier molecular flexibility index (Phi) is 4.13. The summed E-state index contributed by atoms with van der Waals surface area (Å²) in [6.45, 7) is 0. The topological polar surface area (TPSA) is 83.5 Å². The number of carbonyl (C=O) groups excluding carboxylic acids is 1. The van der Waals surface area contributed by atoms with Crippen molar-refractivity contribution < 1.29 is 17.8 Å². The number of anilines is 1. The number of rotatable bonds is 4. The molecule has 0 aliphatic rings. The van der Waals surface area contributed by atoms with Gasteiger partial charge in [0.15, 0.2) is 0 Å². The second-order valence-corrected chi connectivity index (χ2v) is 5.95. The second kappa shape index (κ2) is 5.15. The molecule has 0 aliphatic carbocycles. The third-order valence-corrected chi connectivity index (χ3v) is 3.32. The van der Waals surface area contributed by atoms with Crippen LogP contribution in [0.5, 0.6) is 0 Å². The van der Waals surface area contributed by atoms with E-state index in [0.717, 1.165) is 0 Å². The van der Waals surface area contributed by atoms with Crippen molar-refractivity contribution in [1.29, 1.82) is 0 Å². The van der Waals surface area contributed by atoms with Crippen LogP contribution in [0.2, 0.25) is 0 Å². The molecule has 2 N–H and O–H groups in total. The molecule has 7 heteroatoms. The van der Waals surface area contributed by atoms with Crippen LogP contribution >= 0.6 is 10.8 Å². The molecule has 0 spiro atoms. The first-order chi connectivity index (χ1) is 6.97. The summed E-state index contributed by atoms with van der Waals surface area (Å²) < 4.78 is 29.0. The van der Waals surface area contributed by atoms with E-state index in [4.69, 9.17) is 4.55 Å². The Hall–Kier alpha value is -1.05. The van der Waals surface area contributed by atoms with E-state index < -0.39 is 15.1 Å². The third-order valence-electron chi connectivity index (χ3n) is 1.40. The molecule has 82 valence electrons. The number of para-hydroxylation sites is 1. The average molecular weight is 247 g/mol. The highest BCUT2D eigenvalue weighted by molar-refractivity contribution is 8.70. The van der Waals surface area contributed by atoms with Gasteiger partial charge in [0.2, 0.25) is 5.91 Å². The van der Waals surface area contributed by atoms with Gasteiger partial charge in [0.25, 0.3) is 0 Å². The Morgan fingerprint density at radius 3 is 2.47 bits per heavy atom. The van der Waals surface area contributed by atoms with E-state index in [0.29, 0.717) is 5.69 Å². The first-order valence-electron chi connectivity index (χ1n) is 3.94. The second-order valence-electron chi connectivity index (χ2n) is 2.60. The van der Waals surface area contributed by atoms with Crippen molar-refractivity contribution in [3.05, 3.63) is 30.3 Å². The fraction of sp³-hybridized carbons (Fsp3) is 0.125. The van der Waals surface area contributed by atoms with Crippen LogP contribution < -0.4 is 5.32 Å². The van der Waals surface area contributed by atoms with E-state index in [1.54, 1.807) is 30.3 Å². The minimum absolute atomic E-state index is 0.177. The molecule has 0 saturated carbocycles. The Balaban J connectivity index is 2.44.